The fourth-order valence-corrected chi connectivity index (χ4v) is 1.05. The van der Waals surface area contributed by atoms with Gasteiger partial charge >= 0.3 is 0 Å². The summed E-state index contributed by atoms with van der Waals surface area (Å²) >= 11 is 0. The van der Waals surface area contributed by atoms with Gasteiger partial charge in [-0.1, -0.05) is 18.8 Å². The third-order valence-electron chi connectivity index (χ3n) is 1.78. The molecule has 0 saturated heterocycles. The number of hydrogen-bond donors (Lipinski definition) is 0. The van der Waals surface area contributed by atoms with Crippen LogP contribution in [0, 0.1) is 26.2 Å². The molecule has 0 aliphatic rings. The van der Waals surface area contributed by atoms with Crippen molar-refractivity contribution in [3.05, 3.63) is 36.4 Å². The summed E-state index contributed by atoms with van der Waals surface area (Å²) in [5.74, 6) is 0.823. The van der Waals surface area contributed by atoms with Crippen LogP contribution in [0.2, 0.25) is 0 Å². The first kappa shape index (κ1) is 22.3. The normalized spacial score (nSPS) is 9.80. The van der Waals surface area contributed by atoms with Crippen molar-refractivity contribution in [2.24, 2.45) is 10.2 Å². The average molecular weight is 420 g/mol. The Morgan fingerprint density at radius 2 is 1.75 bits per heavy atom. The standard InChI is InChI=1S/2C6H7N3.2Y/c1-3-8-9-4-6(2)7-5-9;1-3-8-9-5-4-7-6(9)2;;/h5H,1-2H3;4H,1-2H3;;/q2*-2;;. The molecule has 2 heterocycles. The molecule has 0 atom stereocenters. The van der Waals surface area contributed by atoms with Crippen LogP contribution in [-0.2, 0) is 65.4 Å². The van der Waals surface area contributed by atoms with Crippen molar-refractivity contribution in [1.82, 2.24) is 19.3 Å². The van der Waals surface area contributed by atoms with E-state index in [2.05, 4.69) is 45.0 Å². The van der Waals surface area contributed by atoms with Crippen molar-refractivity contribution in [3.8, 4) is 0 Å². The van der Waals surface area contributed by atoms with Crippen LogP contribution < -0.4 is 0 Å². The molecule has 0 fully saturated rings. The van der Waals surface area contributed by atoms with Crippen LogP contribution in [0.15, 0.2) is 22.7 Å². The van der Waals surface area contributed by atoms with Gasteiger partial charge in [0.05, 0.1) is 0 Å². The molecule has 2 radical (unpaired) electrons. The van der Waals surface area contributed by atoms with Crippen LogP contribution in [0.5, 0.6) is 0 Å². The van der Waals surface area contributed by atoms with Crippen molar-refractivity contribution in [2.75, 3.05) is 0 Å². The topological polar surface area (TPSA) is 60.4 Å². The monoisotopic (exact) mass is 420 g/mol. The van der Waals surface area contributed by atoms with Gasteiger partial charge in [-0.15, -0.1) is 12.4 Å². The van der Waals surface area contributed by atoms with E-state index in [1.54, 1.807) is 31.0 Å². The zero-order chi connectivity index (χ0) is 13.4. The molecule has 0 unspecified atom stereocenters. The van der Waals surface area contributed by atoms with E-state index in [-0.39, 0.29) is 65.4 Å². The van der Waals surface area contributed by atoms with Crippen molar-refractivity contribution in [1.29, 1.82) is 0 Å². The predicted octanol–water partition coefficient (Wildman–Crippen LogP) is 1.44. The molecule has 2 aromatic heterocycles. The molecular weight excluding hydrogens is 406 g/mol. The van der Waals surface area contributed by atoms with Gasteiger partial charge in [-0.3, -0.25) is 0 Å². The van der Waals surface area contributed by atoms with Crippen LogP contribution >= 0.6 is 0 Å². The molecule has 0 aliphatic carbocycles. The Labute approximate surface area is 169 Å². The van der Waals surface area contributed by atoms with Gasteiger partial charge < -0.3 is 42.0 Å². The van der Waals surface area contributed by atoms with Gasteiger partial charge in [0.15, 0.2) is 0 Å². The molecule has 0 spiro atoms. The fourth-order valence-electron chi connectivity index (χ4n) is 1.05. The zero-order valence-corrected chi connectivity index (χ0v) is 17.7. The van der Waals surface area contributed by atoms with Crippen LogP contribution in [0.1, 0.15) is 25.4 Å². The van der Waals surface area contributed by atoms with Gasteiger partial charge in [0.1, 0.15) is 0 Å². The number of hydrogen-bond acceptors (Lipinski definition) is 4. The maximum Gasteiger partial charge on any atom is 0 e. The summed E-state index contributed by atoms with van der Waals surface area (Å²) in [7, 11) is 0. The smallest absolute Gasteiger partial charge is 0 e. The molecule has 0 amide bonds. The average Bonchev–Trinajstić information content (AvgIpc) is 2.91. The molecule has 0 aliphatic heterocycles. The molecule has 102 valence electrons. The minimum absolute atomic E-state index is 0. The van der Waals surface area contributed by atoms with E-state index in [0.29, 0.717) is 0 Å². The van der Waals surface area contributed by atoms with E-state index in [1.165, 1.54) is 4.68 Å². The molecule has 8 heteroatoms. The second-order valence-corrected chi connectivity index (χ2v) is 3.18. The molecule has 0 saturated carbocycles. The Bertz CT molecular complexity index is 530. The van der Waals surface area contributed by atoms with Gasteiger partial charge in [0, 0.05) is 65.4 Å². The predicted molar refractivity (Wildman–Crippen MR) is 68.6 cm³/mol. The number of nitrogens with zero attached hydrogens (tertiary/aromatic N) is 6. The molecule has 0 N–H and O–H groups in total. The summed E-state index contributed by atoms with van der Waals surface area (Å²) in [6, 6.07) is 0. The van der Waals surface area contributed by atoms with Gasteiger partial charge in [0.2, 0.25) is 0 Å². The first-order valence-corrected chi connectivity index (χ1v) is 5.28. The summed E-state index contributed by atoms with van der Waals surface area (Å²) in [4.78, 5) is 7.82. The van der Waals surface area contributed by atoms with Crippen LogP contribution in [0.4, 0.5) is 0 Å². The molecule has 0 bridgehead atoms. The molecule has 6 nitrogen and oxygen atoms in total. The quantitative estimate of drug-likeness (QED) is 0.546. The van der Waals surface area contributed by atoms with Gasteiger partial charge in [-0.2, -0.15) is 13.8 Å². The van der Waals surface area contributed by atoms with E-state index in [9.17, 15) is 0 Å². The number of aromatic nitrogens is 4. The Morgan fingerprint density at radius 3 is 2.15 bits per heavy atom. The van der Waals surface area contributed by atoms with Gasteiger partial charge in [-0.25, -0.2) is 0 Å². The fraction of sp³-hybridized carbons (Fsp3) is 0.333. The van der Waals surface area contributed by atoms with E-state index in [4.69, 9.17) is 0 Å². The van der Waals surface area contributed by atoms with Crippen molar-refractivity contribution in [2.45, 2.75) is 27.7 Å². The molecule has 2 aromatic rings. The van der Waals surface area contributed by atoms with Crippen molar-refractivity contribution >= 4 is 12.4 Å². The summed E-state index contributed by atoms with van der Waals surface area (Å²) < 4.78 is 3.04. The minimum atomic E-state index is 0. The third-order valence-corrected chi connectivity index (χ3v) is 1.78. The summed E-state index contributed by atoms with van der Waals surface area (Å²) in [5, 5.41) is 7.59. The first-order valence-electron chi connectivity index (χ1n) is 5.28. The van der Waals surface area contributed by atoms with Crippen molar-refractivity contribution < 1.29 is 65.4 Å². The minimum Gasteiger partial charge on any atom is -0.428 e. The zero-order valence-electron chi connectivity index (χ0n) is 12.0. The van der Waals surface area contributed by atoms with Gasteiger partial charge in [0.25, 0.3) is 0 Å². The molecular formula is C12H14N6Y2-4. The molecule has 20 heavy (non-hydrogen) atoms. The maximum absolute atomic E-state index is 3.91. The molecule has 2 rings (SSSR count). The van der Waals surface area contributed by atoms with Crippen LogP contribution in [0.3, 0.4) is 0 Å². The Morgan fingerprint density at radius 1 is 1.10 bits per heavy atom. The number of rotatable bonds is 2. The SMILES string of the molecule is C[C-]=Nn1[c-]c(C)nc1.C[C-]=Nn1[c-]cnc1C.[Y].[Y]. The van der Waals surface area contributed by atoms with E-state index >= 15 is 0 Å². The summed E-state index contributed by atoms with van der Waals surface area (Å²) in [6.45, 7) is 7.18. The van der Waals surface area contributed by atoms with E-state index in [0.717, 1.165) is 11.5 Å². The van der Waals surface area contributed by atoms with E-state index in [1.807, 2.05) is 13.8 Å². The Kier molecular flexibility index (Phi) is 14.1. The summed E-state index contributed by atoms with van der Waals surface area (Å²) in [5.41, 5.74) is 0.842. The first-order chi connectivity index (χ1) is 8.67. The third kappa shape index (κ3) is 8.30. The largest absolute Gasteiger partial charge is 0.428 e. The van der Waals surface area contributed by atoms with Crippen LogP contribution in [0.25, 0.3) is 0 Å². The number of aryl methyl sites for hydroxylation is 2. The van der Waals surface area contributed by atoms with Gasteiger partial charge in [-0.05, 0) is 19.1 Å². The molecule has 0 aromatic carbocycles. The summed E-state index contributed by atoms with van der Waals surface area (Å²) in [6.07, 6.45) is 14.0. The Hall–Kier alpha value is -0.0322. The van der Waals surface area contributed by atoms with Crippen LogP contribution in [-0.4, -0.2) is 31.7 Å². The van der Waals surface area contributed by atoms with E-state index < -0.39 is 0 Å². The second kappa shape index (κ2) is 12.7. The number of imidazole rings is 2. The Balaban J connectivity index is 0. The maximum atomic E-state index is 3.91. The van der Waals surface area contributed by atoms with Crippen molar-refractivity contribution in [3.63, 3.8) is 0 Å². The second-order valence-electron chi connectivity index (χ2n) is 3.18.